The summed E-state index contributed by atoms with van der Waals surface area (Å²) in [6.45, 7) is 6.00. The van der Waals surface area contributed by atoms with E-state index in [4.69, 9.17) is 15.8 Å². The van der Waals surface area contributed by atoms with E-state index in [0.29, 0.717) is 53.6 Å². The summed E-state index contributed by atoms with van der Waals surface area (Å²) in [6, 6.07) is 13.7. The van der Waals surface area contributed by atoms with Crippen LogP contribution in [0.2, 0.25) is 0 Å². The molecule has 34 heavy (non-hydrogen) atoms. The van der Waals surface area contributed by atoms with Crippen molar-refractivity contribution < 1.29 is 9.90 Å². The smallest absolute Gasteiger partial charge is 0.235 e. The van der Waals surface area contributed by atoms with E-state index in [9.17, 15) is 15.3 Å². The zero-order valence-corrected chi connectivity index (χ0v) is 20.4. The second kappa shape index (κ2) is 11.3. The molecule has 0 saturated carbocycles. The van der Waals surface area contributed by atoms with E-state index in [1.54, 1.807) is 0 Å². The van der Waals surface area contributed by atoms with Gasteiger partial charge >= 0.3 is 0 Å². The second-order valence-corrected chi connectivity index (χ2v) is 9.65. The molecule has 1 atom stereocenters. The zero-order valence-electron chi connectivity index (χ0n) is 19.5. The number of amides is 1. The third kappa shape index (κ3) is 5.51. The molecule has 0 bridgehead atoms. The van der Waals surface area contributed by atoms with Crippen molar-refractivity contribution in [2.75, 3.05) is 31.1 Å². The van der Waals surface area contributed by atoms with Gasteiger partial charge < -0.3 is 21.1 Å². The maximum atomic E-state index is 12.3. The molecule has 1 unspecified atom stereocenters. The van der Waals surface area contributed by atoms with Gasteiger partial charge in [0.05, 0.1) is 17.7 Å². The molecule has 8 nitrogen and oxygen atoms in total. The highest BCUT2D eigenvalue weighted by Crippen LogP contribution is 2.40. The lowest BCUT2D eigenvalue weighted by Crippen LogP contribution is -2.52. The SMILES string of the molecule is CCc1c(C#N)c(SC(C(N)=O)c2ccccc2)nc(N2CCC(C)(NCCO)CC2)c1C#N. The van der Waals surface area contributed by atoms with Gasteiger partial charge in [-0.15, -0.1) is 0 Å². The Morgan fingerprint density at radius 3 is 2.44 bits per heavy atom. The van der Waals surface area contributed by atoms with Gasteiger partial charge in [-0.05, 0) is 37.3 Å². The summed E-state index contributed by atoms with van der Waals surface area (Å²) in [5.41, 5.74) is 7.73. The monoisotopic (exact) mass is 478 g/mol. The highest BCUT2D eigenvalue weighted by atomic mass is 32.2. The Kier molecular flexibility index (Phi) is 8.51. The molecule has 1 aliphatic rings. The van der Waals surface area contributed by atoms with Crippen molar-refractivity contribution in [3.05, 3.63) is 52.6 Å². The van der Waals surface area contributed by atoms with Crippen LogP contribution in [0.15, 0.2) is 35.4 Å². The number of benzene rings is 1. The van der Waals surface area contributed by atoms with E-state index >= 15 is 0 Å². The van der Waals surface area contributed by atoms with E-state index in [0.717, 1.165) is 30.2 Å². The normalized spacial score (nSPS) is 15.9. The Labute approximate surface area is 204 Å². The summed E-state index contributed by atoms with van der Waals surface area (Å²) >= 11 is 1.15. The van der Waals surface area contributed by atoms with Crippen molar-refractivity contribution in [1.29, 1.82) is 10.5 Å². The van der Waals surface area contributed by atoms with Crippen LogP contribution in [0, 0.1) is 22.7 Å². The number of thioether (sulfide) groups is 1. The fraction of sp³-hybridized carbons (Fsp3) is 0.440. The summed E-state index contributed by atoms with van der Waals surface area (Å²) in [6.07, 6.45) is 2.12. The summed E-state index contributed by atoms with van der Waals surface area (Å²) in [4.78, 5) is 19.2. The van der Waals surface area contributed by atoms with Crippen molar-refractivity contribution in [2.24, 2.45) is 5.73 Å². The number of piperidine rings is 1. The Bertz CT molecular complexity index is 1100. The molecule has 178 valence electrons. The van der Waals surface area contributed by atoms with Crippen LogP contribution in [0.25, 0.3) is 0 Å². The summed E-state index contributed by atoms with van der Waals surface area (Å²) in [5.74, 6) is 0.0240. The molecule has 2 aromatic rings. The van der Waals surface area contributed by atoms with Crippen LogP contribution in [-0.2, 0) is 11.2 Å². The van der Waals surface area contributed by atoms with Crippen LogP contribution in [-0.4, -0.2) is 47.8 Å². The number of hydrogen-bond donors (Lipinski definition) is 3. The Morgan fingerprint density at radius 1 is 1.26 bits per heavy atom. The maximum absolute atomic E-state index is 12.3. The summed E-state index contributed by atoms with van der Waals surface area (Å²) < 4.78 is 0. The molecule has 1 aliphatic heterocycles. The molecule has 1 aromatic carbocycles. The summed E-state index contributed by atoms with van der Waals surface area (Å²) in [7, 11) is 0. The molecule has 1 aromatic heterocycles. The Balaban J connectivity index is 2.02. The highest BCUT2D eigenvalue weighted by molar-refractivity contribution is 8.00. The molecule has 0 radical (unpaired) electrons. The lowest BCUT2D eigenvalue weighted by Gasteiger charge is -2.41. The standard InChI is InChI=1S/C25H30N6O2S/c1-3-18-19(15-26)23(31-12-9-25(2,10-13-31)29-11-14-32)30-24(20(18)16-27)34-21(22(28)33)17-7-5-4-6-8-17/h4-8,21,29,32H,3,9-14H2,1-2H3,(H2,28,33). The number of aliphatic hydroxyl groups is 1. The molecule has 2 heterocycles. The van der Waals surface area contributed by atoms with E-state index in [-0.39, 0.29) is 12.1 Å². The number of carbonyl (C=O) groups excluding carboxylic acids is 1. The lowest BCUT2D eigenvalue weighted by atomic mass is 9.89. The molecule has 1 saturated heterocycles. The van der Waals surface area contributed by atoms with E-state index in [1.807, 2.05) is 37.3 Å². The number of nitriles is 2. The van der Waals surface area contributed by atoms with Gasteiger partial charge in [0.15, 0.2) is 0 Å². The molecule has 0 aliphatic carbocycles. The predicted molar refractivity (Wildman–Crippen MR) is 132 cm³/mol. The van der Waals surface area contributed by atoms with Gasteiger partial charge in [-0.3, -0.25) is 4.79 Å². The number of hydrogen-bond acceptors (Lipinski definition) is 8. The highest BCUT2D eigenvalue weighted by Gasteiger charge is 2.33. The first-order chi connectivity index (χ1) is 16.4. The fourth-order valence-corrected chi connectivity index (χ4v) is 5.33. The molecule has 9 heteroatoms. The number of rotatable bonds is 9. The number of pyridine rings is 1. The first-order valence-corrected chi connectivity index (χ1v) is 12.2. The third-order valence-electron chi connectivity index (χ3n) is 6.25. The van der Waals surface area contributed by atoms with Crippen molar-refractivity contribution in [3.63, 3.8) is 0 Å². The Hall–Kier alpha value is -3.11. The van der Waals surface area contributed by atoms with Gasteiger partial charge in [0.2, 0.25) is 5.91 Å². The second-order valence-electron chi connectivity index (χ2n) is 8.56. The molecule has 4 N–H and O–H groups in total. The quantitative estimate of drug-likeness (QED) is 0.468. The number of aliphatic hydroxyl groups excluding tert-OH is 1. The van der Waals surface area contributed by atoms with Gasteiger partial charge in [0.25, 0.3) is 0 Å². The topological polar surface area (TPSA) is 139 Å². The van der Waals surface area contributed by atoms with Crippen molar-refractivity contribution in [2.45, 2.75) is 48.9 Å². The molecule has 0 spiro atoms. The van der Waals surface area contributed by atoms with Gasteiger partial charge in [0.1, 0.15) is 28.2 Å². The van der Waals surface area contributed by atoms with E-state index < -0.39 is 11.2 Å². The Morgan fingerprint density at radius 2 is 1.91 bits per heavy atom. The largest absolute Gasteiger partial charge is 0.395 e. The minimum absolute atomic E-state index is 0.0813. The molecular formula is C25H30N6O2S. The van der Waals surface area contributed by atoms with Crippen LogP contribution >= 0.6 is 11.8 Å². The fourth-order valence-electron chi connectivity index (χ4n) is 4.27. The average molecular weight is 479 g/mol. The third-order valence-corrected chi connectivity index (χ3v) is 7.50. The number of primary amides is 1. The number of anilines is 1. The van der Waals surface area contributed by atoms with Crippen molar-refractivity contribution in [1.82, 2.24) is 10.3 Å². The average Bonchev–Trinajstić information content (AvgIpc) is 2.85. The van der Waals surface area contributed by atoms with Crippen LogP contribution in [0.5, 0.6) is 0 Å². The number of β-amino-alcohol motifs (C(OH)–C–C–N with tert-alkyl or cyclic N) is 1. The number of carbonyl (C=O) groups is 1. The molecule has 1 amide bonds. The minimum Gasteiger partial charge on any atom is -0.395 e. The maximum Gasteiger partial charge on any atom is 0.235 e. The molecule has 3 rings (SSSR count). The minimum atomic E-state index is -0.710. The van der Waals surface area contributed by atoms with Gasteiger partial charge in [-0.25, -0.2) is 4.98 Å². The van der Waals surface area contributed by atoms with E-state index in [2.05, 4.69) is 29.3 Å². The van der Waals surface area contributed by atoms with Crippen LogP contribution in [0.3, 0.4) is 0 Å². The van der Waals surface area contributed by atoms with Gasteiger partial charge in [0, 0.05) is 25.2 Å². The number of nitrogens with zero attached hydrogens (tertiary/aromatic N) is 4. The van der Waals surface area contributed by atoms with Crippen molar-refractivity contribution >= 4 is 23.5 Å². The zero-order chi connectivity index (χ0) is 24.7. The van der Waals surface area contributed by atoms with Crippen LogP contribution < -0.4 is 16.0 Å². The first kappa shape index (κ1) is 25.5. The summed E-state index contributed by atoms with van der Waals surface area (Å²) in [5, 5.41) is 32.2. The van der Waals surface area contributed by atoms with E-state index in [1.165, 1.54) is 0 Å². The predicted octanol–water partition coefficient (Wildman–Crippen LogP) is 2.65. The molecular weight excluding hydrogens is 448 g/mol. The van der Waals surface area contributed by atoms with Gasteiger partial charge in [-0.2, -0.15) is 10.5 Å². The van der Waals surface area contributed by atoms with Crippen LogP contribution in [0.4, 0.5) is 5.82 Å². The van der Waals surface area contributed by atoms with Crippen LogP contribution in [0.1, 0.15) is 54.2 Å². The van der Waals surface area contributed by atoms with Gasteiger partial charge in [-0.1, -0.05) is 49.0 Å². The first-order valence-electron chi connectivity index (χ1n) is 11.4. The molecule has 1 fully saturated rings. The van der Waals surface area contributed by atoms with Crippen molar-refractivity contribution in [3.8, 4) is 12.1 Å². The number of aromatic nitrogens is 1. The lowest BCUT2D eigenvalue weighted by molar-refractivity contribution is -0.117. The number of nitrogens with one attached hydrogen (secondary N) is 1. The number of nitrogens with two attached hydrogens (primary N) is 1.